The van der Waals surface area contributed by atoms with Crippen molar-refractivity contribution >= 4 is 5.78 Å². The number of hydrogen-bond acceptors (Lipinski definition) is 1. The van der Waals surface area contributed by atoms with Crippen LogP contribution in [0.3, 0.4) is 0 Å². The van der Waals surface area contributed by atoms with Crippen molar-refractivity contribution in [2.75, 3.05) is 0 Å². The molecule has 0 saturated heterocycles. The van der Waals surface area contributed by atoms with Crippen LogP contribution >= 0.6 is 0 Å². The monoisotopic (exact) mass is 224 g/mol. The molecule has 1 aliphatic carbocycles. The molecule has 3 atom stereocenters. The average molecular weight is 224 g/mol. The molecule has 0 aliphatic heterocycles. The van der Waals surface area contributed by atoms with Crippen LogP contribution < -0.4 is 0 Å². The average Bonchev–Trinajstić information content (AvgIpc) is 2.10. The maximum absolute atomic E-state index is 12.4. The molecule has 94 valence electrons. The molecule has 1 saturated carbocycles. The Labute approximate surface area is 101 Å². The van der Waals surface area contributed by atoms with Gasteiger partial charge in [0, 0.05) is 12.3 Å². The number of carbonyl (C=O) groups excluding carboxylic acids is 1. The Balaban J connectivity index is 2.84. The fraction of sp³-hybridized carbons (Fsp3) is 0.933. The highest BCUT2D eigenvalue weighted by Crippen LogP contribution is 2.48. The predicted molar refractivity (Wildman–Crippen MR) is 69.3 cm³/mol. The third-order valence-electron chi connectivity index (χ3n) is 4.65. The molecule has 0 N–H and O–H groups in total. The van der Waals surface area contributed by atoms with Crippen molar-refractivity contribution < 1.29 is 4.79 Å². The second-order valence-corrected chi connectivity index (χ2v) is 6.82. The lowest BCUT2D eigenvalue weighted by molar-refractivity contribution is -0.133. The number of rotatable bonds is 3. The Kier molecular flexibility index (Phi) is 4.20. The minimum Gasteiger partial charge on any atom is -0.299 e. The lowest BCUT2D eigenvalue weighted by Gasteiger charge is -2.46. The van der Waals surface area contributed by atoms with E-state index in [0.717, 1.165) is 6.42 Å². The number of hydrogen-bond donors (Lipinski definition) is 0. The van der Waals surface area contributed by atoms with Gasteiger partial charge < -0.3 is 0 Å². The third kappa shape index (κ3) is 2.67. The Morgan fingerprint density at radius 1 is 1.25 bits per heavy atom. The van der Waals surface area contributed by atoms with Crippen LogP contribution in [0.1, 0.15) is 60.8 Å². The Morgan fingerprint density at radius 2 is 1.81 bits per heavy atom. The van der Waals surface area contributed by atoms with E-state index in [1.54, 1.807) is 0 Å². The van der Waals surface area contributed by atoms with E-state index in [1.165, 1.54) is 12.8 Å². The van der Waals surface area contributed by atoms with Crippen LogP contribution in [0.25, 0.3) is 0 Å². The zero-order valence-corrected chi connectivity index (χ0v) is 11.8. The molecular formula is C15H28O. The molecule has 0 spiro atoms. The van der Waals surface area contributed by atoms with Gasteiger partial charge in [0.25, 0.3) is 0 Å². The quantitative estimate of drug-likeness (QED) is 0.698. The largest absolute Gasteiger partial charge is 0.299 e. The number of Topliss-reactive ketones (excluding diaryl/α,β-unsaturated/α-hetero) is 1. The minimum absolute atomic E-state index is 0.184. The van der Waals surface area contributed by atoms with Gasteiger partial charge in [-0.2, -0.15) is 0 Å². The molecule has 3 unspecified atom stereocenters. The Morgan fingerprint density at radius 3 is 2.31 bits per heavy atom. The molecule has 1 aliphatic rings. The maximum Gasteiger partial charge on any atom is 0.137 e. The van der Waals surface area contributed by atoms with Gasteiger partial charge in [0.15, 0.2) is 0 Å². The molecule has 0 heterocycles. The predicted octanol–water partition coefficient (Wildman–Crippen LogP) is 4.31. The van der Waals surface area contributed by atoms with E-state index in [0.29, 0.717) is 23.5 Å². The first kappa shape index (κ1) is 13.7. The summed E-state index contributed by atoms with van der Waals surface area (Å²) >= 11 is 0. The molecule has 1 fully saturated rings. The summed E-state index contributed by atoms with van der Waals surface area (Å²) in [5, 5.41) is 0. The highest BCUT2D eigenvalue weighted by molar-refractivity contribution is 5.82. The first-order chi connectivity index (χ1) is 7.26. The van der Waals surface area contributed by atoms with Crippen LogP contribution in [-0.2, 0) is 4.79 Å². The molecule has 0 radical (unpaired) electrons. The topological polar surface area (TPSA) is 17.1 Å². The summed E-state index contributed by atoms with van der Waals surface area (Å²) in [7, 11) is 0. The molecule has 1 nitrogen and oxygen atoms in total. The minimum atomic E-state index is 0.184. The van der Waals surface area contributed by atoms with Gasteiger partial charge in [-0.15, -0.1) is 0 Å². The molecule has 1 rings (SSSR count). The van der Waals surface area contributed by atoms with Crippen LogP contribution in [0.2, 0.25) is 0 Å². The van der Waals surface area contributed by atoms with E-state index in [4.69, 9.17) is 0 Å². The van der Waals surface area contributed by atoms with Crippen LogP contribution in [0.4, 0.5) is 0 Å². The van der Waals surface area contributed by atoms with Gasteiger partial charge in [-0.3, -0.25) is 4.79 Å². The first-order valence-electron chi connectivity index (χ1n) is 6.79. The second-order valence-electron chi connectivity index (χ2n) is 6.82. The summed E-state index contributed by atoms with van der Waals surface area (Å²) in [5.41, 5.74) is 0.184. The highest BCUT2D eigenvalue weighted by Gasteiger charge is 2.44. The summed E-state index contributed by atoms with van der Waals surface area (Å²) in [6, 6.07) is 0. The number of carbonyl (C=O) groups is 1. The lowest BCUT2D eigenvalue weighted by atomic mass is 9.57. The highest BCUT2D eigenvalue weighted by atomic mass is 16.1. The van der Waals surface area contributed by atoms with Crippen molar-refractivity contribution in [3.63, 3.8) is 0 Å². The van der Waals surface area contributed by atoms with Crippen LogP contribution in [-0.4, -0.2) is 5.78 Å². The second kappa shape index (κ2) is 4.89. The van der Waals surface area contributed by atoms with Gasteiger partial charge in [0.1, 0.15) is 5.78 Å². The van der Waals surface area contributed by atoms with Gasteiger partial charge in [0.05, 0.1) is 0 Å². The maximum atomic E-state index is 12.4. The Bertz CT molecular complexity index is 252. The van der Waals surface area contributed by atoms with E-state index in [2.05, 4.69) is 41.5 Å². The van der Waals surface area contributed by atoms with E-state index in [1.807, 2.05) is 0 Å². The van der Waals surface area contributed by atoms with Crippen molar-refractivity contribution in [2.24, 2.45) is 29.1 Å². The summed E-state index contributed by atoms with van der Waals surface area (Å²) in [6.07, 6.45) is 3.25. The molecule has 0 bridgehead atoms. The van der Waals surface area contributed by atoms with Crippen molar-refractivity contribution in [3.05, 3.63) is 0 Å². The van der Waals surface area contributed by atoms with E-state index in [9.17, 15) is 4.79 Å². The normalized spacial score (nSPS) is 34.1. The van der Waals surface area contributed by atoms with Gasteiger partial charge in [-0.1, -0.05) is 41.5 Å². The van der Waals surface area contributed by atoms with Crippen molar-refractivity contribution in [2.45, 2.75) is 60.8 Å². The van der Waals surface area contributed by atoms with Crippen LogP contribution in [0, 0.1) is 29.1 Å². The van der Waals surface area contributed by atoms with E-state index in [-0.39, 0.29) is 11.3 Å². The van der Waals surface area contributed by atoms with Gasteiger partial charge in [0.2, 0.25) is 0 Å². The zero-order valence-electron chi connectivity index (χ0n) is 11.8. The SMILES string of the molecule is CC(C)CC(=O)C1C(C)CCC(C)C1(C)C. The summed E-state index contributed by atoms with van der Waals surface area (Å²) in [6.45, 7) is 13.4. The smallest absolute Gasteiger partial charge is 0.137 e. The van der Waals surface area contributed by atoms with Gasteiger partial charge in [-0.25, -0.2) is 0 Å². The van der Waals surface area contributed by atoms with Gasteiger partial charge in [-0.05, 0) is 36.0 Å². The van der Waals surface area contributed by atoms with E-state index < -0.39 is 0 Å². The van der Waals surface area contributed by atoms with Gasteiger partial charge >= 0.3 is 0 Å². The third-order valence-corrected chi connectivity index (χ3v) is 4.65. The van der Waals surface area contributed by atoms with Crippen LogP contribution in [0.15, 0.2) is 0 Å². The lowest BCUT2D eigenvalue weighted by Crippen LogP contribution is -2.44. The summed E-state index contributed by atoms with van der Waals surface area (Å²) in [5.74, 6) is 2.51. The van der Waals surface area contributed by atoms with Crippen molar-refractivity contribution in [3.8, 4) is 0 Å². The zero-order chi connectivity index (χ0) is 12.5. The molecule has 0 aromatic carbocycles. The molecule has 0 aromatic heterocycles. The van der Waals surface area contributed by atoms with E-state index >= 15 is 0 Å². The molecular weight excluding hydrogens is 196 g/mol. The van der Waals surface area contributed by atoms with Crippen LogP contribution in [0.5, 0.6) is 0 Å². The summed E-state index contributed by atoms with van der Waals surface area (Å²) < 4.78 is 0. The van der Waals surface area contributed by atoms with Crippen molar-refractivity contribution in [1.82, 2.24) is 0 Å². The van der Waals surface area contributed by atoms with Crippen molar-refractivity contribution in [1.29, 1.82) is 0 Å². The Hall–Kier alpha value is -0.330. The standard InChI is InChI=1S/C15H28O/c1-10(2)9-13(16)14-11(3)7-8-12(4)15(14,5)6/h10-12,14H,7-9H2,1-6H3. The molecule has 1 heteroatoms. The molecule has 0 aromatic rings. The molecule has 16 heavy (non-hydrogen) atoms. The number of ketones is 1. The summed E-state index contributed by atoms with van der Waals surface area (Å²) in [4.78, 5) is 12.4. The fourth-order valence-electron chi connectivity index (χ4n) is 3.35. The fourth-order valence-corrected chi connectivity index (χ4v) is 3.35. The first-order valence-corrected chi connectivity index (χ1v) is 6.79. The molecule has 0 amide bonds.